The van der Waals surface area contributed by atoms with Crippen LogP contribution in [0.3, 0.4) is 0 Å². The van der Waals surface area contributed by atoms with Gasteiger partial charge in [0.1, 0.15) is 5.75 Å². The lowest BCUT2D eigenvalue weighted by atomic mass is 10.2. The van der Waals surface area contributed by atoms with Gasteiger partial charge in [-0.25, -0.2) is 0 Å². The number of carbonyl (C=O) groups excluding carboxylic acids is 1. The summed E-state index contributed by atoms with van der Waals surface area (Å²) < 4.78 is 10.9. The zero-order valence-corrected chi connectivity index (χ0v) is 12.2. The fourth-order valence-corrected chi connectivity index (χ4v) is 1.98. The predicted octanol–water partition coefficient (Wildman–Crippen LogP) is 2.50. The minimum absolute atomic E-state index is 0.170. The molecule has 0 heterocycles. The van der Waals surface area contributed by atoms with E-state index in [1.165, 1.54) is 7.11 Å². The molecule has 0 spiro atoms. The highest BCUT2D eigenvalue weighted by Crippen LogP contribution is 2.22. The Bertz CT molecular complexity index is 396. The lowest BCUT2D eigenvalue weighted by Gasteiger charge is -2.10. The minimum atomic E-state index is -0.170. The third-order valence-electron chi connectivity index (χ3n) is 2.52. The number of hydrogen-bond acceptors (Lipinski definition) is 4. The predicted molar refractivity (Wildman–Crippen MR) is 73.7 cm³/mol. The molecule has 18 heavy (non-hydrogen) atoms. The topological polar surface area (TPSA) is 47.6 Å². The Kier molecular flexibility index (Phi) is 6.75. The van der Waals surface area contributed by atoms with Crippen molar-refractivity contribution < 1.29 is 14.3 Å². The number of halogens is 1. The Morgan fingerprint density at radius 3 is 2.83 bits per heavy atom. The van der Waals surface area contributed by atoms with Gasteiger partial charge in [-0.05, 0) is 31.2 Å². The quantitative estimate of drug-likeness (QED) is 0.620. The molecule has 1 aromatic rings. The third kappa shape index (κ3) is 5.06. The number of hydrogen-bond donors (Lipinski definition) is 1. The minimum Gasteiger partial charge on any atom is -0.496 e. The summed E-state index contributed by atoms with van der Waals surface area (Å²) >= 11 is 3.43. The summed E-state index contributed by atoms with van der Waals surface area (Å²) in [6, 6.07) is 5.89. The van der Waals surface area contributed by atoms with Crippen LogP contribution in [0.5, 0.6) is 5.75 Å². The van der Waals surface area contributed by atoms with Gasteiger partial charge in [0, 0.05) is 23.0 Å². The molecule has 1 aromatic carbocycles. The maximum absolute atomic E-state index is 10.9. The largest absolute Gasteiger partial charge is 0.496 e. The molecule has 5 heteroatoms. The van der Waals surface area contributed by atoms with Crippen LogP contribution in [0.2, 0.25) is 0 Å². The summed E-state index contributed by atoms with van der Waals surface area (Å²) in [4.78, 5) is 10.9. The number of methoxy groups -OCH3 is 2. The van der Waals surface area contributed by atoms with Crippen LogP contribution in [0.4, 0.5) is 0 Å². The molecule has 0 fully saturated rings. The monoisotopic (exact) mass is 315 g/mol. The van der Waals surface area contributed by atoms with E-state index >= 15 is 0 Å². The Balaban J connectivity index is 2.34. The first kappa shape index (κ1) is 15.0. The summed E-state index contributed by atoms with van der Waals surface area (Å²) in [5.74, 6) is 0.690. The zero-order chi connectivity index (χ0) is 13.4. The van der Waals surface area contributed by atoms with Crippen LogP contribution in [0, 0.1) is 0 Å². The fourth-order valence-electron chi connectivity index (χ4n) is 1.57. The van der Waals surface area contributed by atoms with Crippen molar-refractivity contribution in [2.24, 2.45) is 0 Å². The highest BCUT2D eigenvalue weighted by Gasteiger charge is 2.04. The highest BCUT2D eigenvalue weighted by molar-refractivity contribution is 9.10. The molecule has 0 radical (unpaired) electrons. The van der Waals surface area contributed by atoms with E-state index in [2.05, 4.69) is 26.0 Å². The molecule has 0 atom stereocenters. The van der Waals surface area contributed by atoms with Gasteiger partial charge in [0.05, 0.1) is 14.2 Å². The lowest BCUT2D eigenvalue weighted by Crippen LogP contribution is -2.16. The van der Waals surface area contributed by atoms with Gasteiger partial charge in [0.25, 0.3) is 0 Å². The number of rotatable bonds is 7. The fraction of sp³-hybridized carbons (Fsp3) is 0.462. The van der Waals surface area contributed by atoms with Crippen LogP contribution in [-0.4, -0.2) is 26.7 Å². The van der Waals surface area contributed by atoms with Gasteiger partial charge in [-0.3, -0.25) is 4.79 Å². The van der Waals surface area contributed by atoms with E-state index < -0.39 is 0 Å². The van der Waals surface area contributed by atoms with Gasteiger partial charge in [0.15, 0.2) is 0 Å². The summed E-state index contributed by atoms with van der Waals surface area (Å²) in [6.45, 7) is 1.48. The first-order valence-electron chi connectivity index (χ1n) is 5.77. The maximum atomic E-state index is 10.9. The van der Waals surface area contributed by atoms with E-state index in [9.17, 15) is 4.79 Å². The second kappa shape index (κ2) is 8.11. The Morgan fingerprint density at radius 1 is 1.39 bits per heavy atom. The van der Waals surface area contributed by atoms with Crippen molar-refractivity contribution in [3.8, 4) is 5.75 Å². The van der Waals surface area contributed by atoms with Gasteiger partial charge >= 0.3 is 5.97 Å². The number of esters is 1. The summed E-state index contributed by atoms with van der Waals surface area (Å²) in [6.07, 6.45) is 1.21. The first-order chi connectivity index (χ1) is 8.67. The Labute approximate surface area is 116 Å². The van der Waals surface area contributed by atoms with Crippen LogP contribution in [0.1, 0.15) is 18.4 Å². The number of carbonyl (C=O) groups is 1. The molecule has 0 saturated heterocycles. The van der Waals surface area contributed by atoms with Gasteiger partial charge < -0.3 is 14.8 Å². The van der Waals surface area contributed by atoms with Crippen LogP contribution in [0.15, 0.2) is 22.7 Å². The van der Waals surface area contributed by atoms with Crippen LogP contribution in [-0.2, 0) is 16.1 Å². The number of ether oxygens (including phenoxy) is 2. The molecule has 0 aliphatic heterocycles. The van der Waals surface area contributed by atoms with E-state index in [0.29, 0.717) is 13.0 Å². The molecule has 0 aromatic heterocycles. The molecular weight excluding hydrogens is 298 g/mol. The lowest BCUT2D eigenvalue weighted by molar-refractivity contribution is -0.140. The molecule has 0 unspecified atom stereocenters. The van der Waals surface area contributed by atoms with Crippen molar-refractivity contribution in [2.45, 2.75) is 19.4 Å². The average molecular weight is 316 g/mol. The van der Waals surface area contributed by atoms with Crippen LogP contribution >= 0.6 is 15.9 Å². The molecule has 1 N–H and O–H groups in total. The maximum Gasteiger partial charge on any atom is 0.305 e. The molecular formula is C13H18BrNO3. The van der Waals surface area contributed by atoms with Crippen LogP contribution < -0.4 is 10.1 Å². The first-order valence-corrected chi connectivity index (χ1v) is 6.56. The van der Waals surface area contributed by atoms with Crippen molar-refractivity contribution in [1.82, 2.24) is 5.32 Å². The van der Waals surface area contributed by atoms with Crippen molar-refractivity contribution in [1.29, 1.82) is 0 Å². The second-order valence-corrected chi connectivity index (χ2v) is 4.73. The molecule has 1 rings (SSSR count). The van der Waals surface area contributed by atoms with E-state index in [4.69, 9.17) is 4.74 Å². The zero-order valence-electron chi connectivity index (χ0n) is 10.7. The summed E-state index contributed by atoms with van der Waals surface area (Å²) in [7, 11) is 3.06. The second-order valence-electron chi connectivity index (χ2n) is 3.81. The van der Waals surface area contributed by atoms with E-state index in [1.807, 2.05) is 18.2 Å². The number of benzene rings is 1. The van der Waals surface area contributed by atoms with Gasteiger partial charge in [0.2, 0.25) is 0 Å². The van der Waals surface area contributed by atoms with E-state index in [1.54, 1.807) is 7.11 Å². The van der Waals surface area contributed by atoms with Crippen molar-refractivity contribution in [3.63, 3.8) is 0 Å². The Morgan fingerprint density at radius 2 is 2.17 bits per heavy atom. The normalized spacial score (nSPS) is 10.2. The van der Waals surface area contributed by atoms with Crippen molar-refractivity contribution in [2.75, 3.05) is 20.8 Å². The number of nitrogens with one attached hydrogen (secondary N) is 1. The Hall–Kier alpha value is -1.07. The van der Waals surface area contributed by atoms with E-state index in [-0.39, 0.29) is 5.97 Å². The van der Waals surface area contributed by atoms with Crippen molar-refractivity contribution >= 4 is 21.9 Å². The molecule has 0 bridgehead atoms. The molecule has 0 amide bonds. The van der Waals surface area contributed by atoms with Crippen LogP contribution in [0.25, 0.3) is 0 Å². The van der Waals surface area contributed by atoms with Crippen molar-refractivity contribution in [3.05, 3.63) is 28.2 Å². The molecule has 4 nitrogen and oxygen atoms in total. The van der Waals surface area contributed by atoms with Gasteiger partial charge in [-0.2, -0.15) is 0 Å². The SMILES string of the molecule is COC(=O)CCCNCc1cc(Br)ccc1OC. The van der Waals surface area contributed by atoms with E-state index in [0.717, 1.165) is 28.8 Å². The highest BCUT2D eigenvalue weighted by atomic mass is 79.9. The summed E-state index contributed by atoms with van der Waals surface area (Å²) in [5, 5.41) is 3.27. The van der Waals surface area contributed by atoms with Gasteiger partial charge in [-0.15, -0.1) is 0 Å². The molecule has 0 saturated carbocycles. The molecule has 100 valence electrons. The molecule has 0 aliphatic rings. The average Bonchev–Trinajstić information content (AvgIpc) is 2.38. The standard InChI is InChI=1S/C13H18BrNO3/c1-17-12-6-5-11(14)8-10(12)9-15-7-3-4-13(16)18-2/h5-6,8,15H,3-4,7,9H2,1-2H3. The molecule has 0 aliphatic carbocycles. The van der Waals surface area contributed by atoms with Gasteiger partial charge in [-0.1, -0.05) is 15.9 Å². The smallest absolute Gasteiger partial charge is 0.305 e. The summed E-state index contributed by atoms with van der Waals surface area (Å²) in [5.41, 5.74) is 1.09. The third-order valence-corrected chi connectivity index (χ3v) is 3.01.